The topological polar surface area (TPSA) is 12.5 Å². The van der Waals surface area contributed by atoms with E-state index in [2.05, 4.69) is 9.47 Å². The van der Waals surface area contributed by atoms with Crippen molar-refractivity contribution in [2.45, 2.75) is 18.4 Å². The Labute approximate surface area is 67.2 Å². The maximum Gasteiger partial charge on any atom is 0.262 e. The zero-order chi connectivity index (χ0) is 8.48. The molecule has 1 heterocycles. The molecule has 0 bridgehead atoms. The van der Waals surface area contributed by atoms with Crippen LogP contribution in [0.15, 0.2) is 0 Å². The predicted octanol–water partition coefficient (Wildman–Crippen LogP) is 1.13. The fourth-order valence-electron chi connectivity index (χ4n) is 1.36. The number of likely N-dealkylation sites (N-methyl/N-ethyl adjacent to an activating group) is 1. The van der Waals surface area contributed by atoms with Gasteiger partial charge >= 0.3 is 0 Å². The quantitative estimate of drug-likeness (QED) is 0.595. The maximum absolute atomic E-state index is 12.7. The average Bonchev–Trinajstić information content (AvgIpc) is 2.07. The molecule has 1 rings (SSSR count). The van der Waals surface area contributed by atoms with Crippen LogP contribution in [-0.2, 0) is 4.52 Å². The van der Waals surface area contributed by atoms with E-state index in [1.54, 1.807) is 11.9 Å². The van der Waals surface area contributed by atoms with E-state index >= 15 is 0 Å². The second-order valence-electron chi connectivity index (χ2n) is 2.96. The van der Waals surface area contributed by atoms with Crippen molar-refractivity contribution < 1.29 is 13.3 Å². The van der Waals surface area contributed by atoms with Crippen LogP contribution in [0.3, 0.4) is 0 Å². The minimum atomic E-state index is -2.53. The third-order valence-corrected chi connectivity index (χ3v) is 2.12. The lowest BCUT2D eigenvalue weighted by Crippen LogP contribution is -2.28. The van der Waals surface area contributed by atoms with Gasteiger partial charge in [0.1, 0.15) is 0 Å². The number of hydrogen-bond acceptors (Lipinski definition) is 2. The highest BCUT2D eigenvalue weighted by Gasteiger charge is 2.42. The van der Waals surface area contributed by atoms with Crippen molar-refractivity contribution in [2.24, 2.45) is 0 Å². The SMILES string of the molecule is CN1CC(F)(F)CC1COP. The largest absolute Gasteiger partial charge is 0.364 e. The number of rotatable bonds is 2. The molecule has 1 aliphatic heterocycles. The zero-order valence-corrected chi connectivity index (χ0v) is 7.54. The number of likely N-dealkylation sites (tertiary alicyclic amines) is 1. The lowest BCUT2D eigenvalue weighted by Gasteiger charge is -2.16. The minimum Gasteiger partial charge on any atom is -0.364 e. The fraction of sp³-hybridized carbons (Fsp3) is 1.00. The van der Waals surface area contributed by atoms with E-state index < -0.39 is 5.92 Å². The summed E-state index contributed by atoms with van der Waals surface area (Å²) in [7, 11) is 3.76. The third kappa shape index (κ3) is 2.32. The zero-order valence-electron chi connectivity index (χ0n) is 6.39. The van der Waals surface area contributed by atoms with Crippen molar-refractivity contribution in [2.75, 3.05) is 20.2 Å². The van der Waals surface area contributed by atoms with Crippen molar-refractivity contribution in [1.29, 1.82) is 0 Å². The highest BCUT2D eigenvalue weighted by atomic mass is 31.0. The predicted molar refractivity (Wildman–Crippen MR) is 41.6 cm³/mol. The Morgan fingerprint density at radius 1 is 1.73 bits per heavy atom. The molecule has 66 valence electrons. The van der Waals surface area contributed by atoms with E-state index in [0.717, 1.165) is 0 Å². The third-order valence-electron chi connectivity index (χ3n) is 1.93. The van der Waals surface area contributed by atoms with Crippen LogP contribution < -0.4 is 0 Å². The monoisotopic (exact) mass is 183 g/mol. The summed E-state index contributed by atoms with van der Waals surface area (Å²) in [4.78, 5) is 1.63. The van der Waals surface area contributed by atoms with E-state index in [1.165, 1.54) is 0 Å². The molecule has 0 amide bonds. The van der Waals surface area contributed by atoms with Gasteiger partial charge in [0, 0.05) is 21.9 Å². The van der Waals surface area contributed by atoms with Crippen LogP contribution in [0, 0.1) is 0 Å². The van der Waals surface area contributed by atoms with Gasteiger partial charge in [-0.3, -0.25) is 4.90 Å². The summed E-state index contributed by atoms with van der Waals surface area (Å²) in [6.45, 7) is 0.211. The van der Waals surface area contributed by atoms with Gasteiger partial charge in [-0.2, -0.15) is 0 Å². The first-order chi connectivity index (χ1) is 5.05. The number of halogens is 2. The summed E-state index contributed by atoms with van der Waals surface area (Å²) < 4.78 is 30.1. The summed E-state index contributed by atoms with van der Waals surface area (Å²) in [6, 6.07) is -0.137. The Hall–Kier alpha value is 0.210. The molecule has 0 aromatic heterocycles. The molecule has 0 aromatic carbocycles. The fourth-order valence-corrected chi connectivity index (χ4v) is 1.58. The van der Waals surface area contributed by atoms with Crippen LogP contribution in [0.5, 0.6) is 0 Å². The molecular formula is C6H12F2NOP. The van der Waals surface area contributed by atoms with Crippen LogP contribution in [0.25, 0.3) is 0 Å². The van der Waals surface area contributed by atoms with Crippen molar-refractivity contribution in [3.05, 3.63) is 0 Å². The van der Waals surface area contributed by atoms with Gasteiger partial charge in [-0.1, -0.05) is 0 Å². The number of nitrogens with zero attached hydrogens (tertiary/aromatic N) is 1. The van der Waals surface area contributed by atoms with Crippen LogP contribution >= 0.6 is 9.47 Å². The Kier molecular flexibility index (Phi) is 2.79. The minimum absolute atomic E-state index is 0.0854. The van der Waals surface area contributed by atoms with Gasteiger partial charge in [-0.05, 0) is 7.05 Å². The van der Waals surface area contributed by atoms with Gasteiger partial charge in [0.05, 0.1) is 13.2 Å². The smallest absolute Gasteiger partial charge is 0.262 e. The molecule has 1 saturated heterocycles. The molecule has 5 heteroatoms. The molecular weight excluding hydrogens is 171 g/mol. The van der Waals surface area contributed by atoms with E-state index in [4.69, 9.17) is 4.52 Å². The molecule has 0 N–H and O–H groups in total. The Bertz CT molecular complexity index is 145. The highest BCUT2D eigenvalue weighted by Crippen LogP contribution is 2.30. The average molecular weight is 183 g/mol. The first kappa shape index (κ1) is 9.30. The summed E-state index contributed by atoms with van der Waals surface area (Å²) in [5.74, 6) is -2.53. The van der Waals surface area contributed by atoms with E-state index in [0.29, 0.717) is 6.61 Å². The first-order valence-electron chi connectivity index (χ1n) is 3.45. The number of alkyl halides is 2. The van der Waals surface area contributed by atoms with Gasteiger partial charge in [0.25, 0.3) is 5.92 Å². The molecule has 2 atom stereocenters. The van der Waals surface area contributed by atoms with Gasteiger partial charge < -0.3 is 4.52 Å². The van der Waals surface area contributed by atoms with Crippen LogP contribution in [0.1, 0.15) is 6.42 Å². The van der Waals surface area contributed by atoms with Crippen LogP contribution in [0.2, 0.25) is 0 Å². The molecule has 0 saturated carbocycles. The van der Waals surface area contributed by atoms with Crippen molar-refractivity contribution >= 4 is 9.47 Å². The Morgan fingerprint density at radius 2 is 2.36 bits per heavy atom. The molecule has 0 radical (unpaired) electrons. The summed E-state index contributed by atoms with van der Waals surface area (Å²) in [5, 5.41) is 0. The van der Waals surface area contributed by atoms with E-state index in [9.17, 15) is 8.78 Å². The summed E-state index contributed by atoms with van der Waals surface area (Å²) in [5.41, 5.74) is 0. The second-order valence-corrected chi connectivity index (χ2v) is 3.30. The van der Waals surface area contributed by atoms with Crippen molar-refractivity contribution in [3.8, 4) is 0 Å². The highest BCUT2D eigenvalue weighted by molar-refractivity contribution is 7.09. The van der Waals surface area contributed by atoms with E-state index in [-0.39, 0.29) is 19.0 Å². The van der Waals surface area contributed by atoms with Gasteiger partial charge in [0.15, 0.2) is 0 Å². The van der Waals surface area contributed by atoms with Crippen molar-refractivity contribution in [3.63, 3.8) is 0 Å². The maximum atomic E-state index is 12.7. The van der Waals surface area contributed by atoms with Crippen LogP contribution in [0.4, 0.5) is 8.78 Å². The van der Waals surface area contributed by atoms with Gasteiger partial charge in [0.2, 0.25) is 0 Å². The Morgan fingerprint density at radius 3 is 2.73 bits per heavy atom. The lowest BCUT2D eigenvalue weighted by molar-refractivity contribution is 0.0137. The molecule has 0 spiro atoms. The first-order valence-corrected chi connectivity index (χ1v) is 3.92. The van der Waals surface area contributed by atoms with E-state index in [1.807, 2.05) is 0 Å². The molecule has 2 nitrogen and oxygen atoms in total. The second kappa shape index (κ2) is 3.30. The summed E-state index contributed by atoms with van der Waals surface area (Å²) in [6.07, 6.45) is -0.0854. The molecule has 0 aromatic rings. The standard InChI is InChI=1S/C6H12F2NOP/c1-9-4-6(7,8)2-5(9)3-10-11/h5H,2-4,11H2,1H3. The van der Waals surface area contributed by atoms with Gasteiger partial charge in [-0.15, -0.1) is 0 Å². The molecule has 2 unspecified atom stereocenters. The normalized spacial score (nSPS) is 31.1. The van der Waals surface area contributed by atoms with Gasteiger partial charge in [-0.25, -0.2) is 8.78 Å². The summed E-state index contributed by atoms with van der Waals surface area (Å²) >= 11 is 0. The molecule has 0 aliphatic carbocycles. The molecule has 1 fully saturated rings. The Balaban J connectivity index is 2.45. The van der Waals surface area contributed by atoms with Crippen LogP contribution in [-0.4, -0.2) is 37.1 Å². The van der Waals surface area contributed by atoms with Crippen molar-refractivity contribution in [1.82, 2.24) is 4.90 Å². The lowest BCUT2D eigenvalue weighted by atomic mass is 10.2. The molecule has 1 aliphatic rings. The number of hydrogen-bond donors (Lipinski definition) is 0. The molecule has 11 heavy (non-hydrogen) atoms.